The van der Waals surface area contributed by atoms with Crippen molar-refractivity contribution in [3.05, 3.63) is 116 Å². The minimum absolute atomic E-state index is 0.0412. The first-order chi connectivity index (χ1) is 22.3. The van der Waals surface area contributed by atoms with Crippen LogP contribution in [0, 0.1) is 0 Å². The van der Waals surface area contributed by atoms with E-state index in [1.807, 2.05) is 79.7 Å². The lowest BCUT2D eigenvalue weighted by Crippen LogP contribution is -2.35. The number of rotatable bonds is 10. The summed E-state index contributed by atoms with van der Waals surface area (Å²) in [5.41, 5.74) is 5.94. The normalized spacial score (nSPS) is 18.0. The molecule has 1 N–H and O–H groups in total. The van der Waals surface area contributed by atoms with E-state index in [2.05, 4.69) is 30.9 Å². The molecule has 1 saturated heterocycles. The highest BCUT2D eigenvalue weighted by molar-refractivity contribution is 5.80. The number of benzene rings is 3. The quantitative estimate of drug-likeness (QED) is 0.185. The highest BCUT2D eigenvalue weighted by Gasteiger charge is 2.26. The van der Waals surface area contributed by atoms with E-state index in [-0.39, 0.29) is 23.9 Å². The molecule has 3 heterocycles. The molecular formula is C37H40N4O5. The van der Waals surface area contributed by atoms with E-state index in [1.54, 1.807) is 4.57 Å². The van der Waals surface area contributed by atoms with Crippen molar-refractivity contribution in [3.63, 3.8) is 0 Å². The third-order valence-electron chi connectivity index (χ3n) is 8.46. The summed E-state index contributed by atoms with van der Waals surface area (Å²) < 4.78 is 18.6. The largest absolute Gasteiger partial charge is 0.490 e. The molecule has 0 bridgehead atoms. The van der Waals surface area contributed by atoms with Gasteiger partial charge in [0, 0.05) is 36.8 Å². The third kappa shape index (κ3) is 6.74. The van der Waals surface area contributed by atoms with E-state index in [9.17, 15) is 9.59 Å². The maximum atomic E-state index is 14.2. The minimum atomic E-state index is -0.597. The summed E-state index contributed by atoms with van der Waals surface area (Å²) >= 11 is 0. The first-order valence-electron chi connectivity index (χ1n) is 16.1. The fourth-order valence-corrected chi connectivity index (χ4v) is 6.37. The summed E-state index contributed by atoms with van der Waals surface area (Å²) in [4.78, 5) is 33.5. The molecule has 9 nitrogen and oxygen atoms in total. The van der Waals surface area contributed by atoms with Crippen molar-refractivity contribution in [2.24, 2.45) is 0 Å². The smallest absolute Gasteiger partial charge is 0.439 e. The average Bonchev–Trinajstić information content (AvgIpc) is 3.49. The van der Waals surface area contributed by atoms with E-state index < -0.39 is 5.76 Å². The lowest BCUT2D eigenvalue weighted by Gasteiger charge is -2.32. The number of aromatic nitrogens is 4. The Labute approximate surface area is 268 Å². The van der Waals surface area contributed by atoms with Crippen LogP contribution in [0.25, 0.3) is 28.2 Å². The SMILES string of the molecule is CCCc1nc(CC)n(-c2ccc(O[C@@H]3C[C@@H](C)O[C@@H](C)C3)cc2)c(=O)c1Cc1ccc(-c2ccccc2-c2noc(=O)[nH]2)cc1. The molecule has 0 radical (unpaired) electrons. The molecule has 0 aliphatic carbocycles. The predicted molar refractivity (Wildman–Crippen MR) is 178 cm³/mol. The van der Waals surface area contributed by atoms with Gasteiger partial charge in [0.15, 0.2) is 5.82 Å². The monoisotopic (exact) mass is 620 g/mol. The van der Waals surface area contributed by atoms with Crippen LogP contribution in [0.3, 0.4) is 0 Å². The van der Waals surface area contributed by atoms with Crippen molar-refractivity contribution in [1.29, 1.82) is 0 Å². The Morgan fingerprint density at radius 2 is 1.61 bits per heavy atom. The van der Waals surface area contributed by atoms with Crippen LogP contribution in [0.1, 0.15) is 69.6 Å². The van der Waals surface area contributed by atoms with Gasteiger partial charge in [-0.2, -0.15) is 0 Å². The Morgan fingerprint density at radius 3 is 2.24 bits per heavy atom. The molecule has 9 heteroatoms. The van der Waals surface area contributed by atoms with Gasteiger partial charge in [0.25, 0.3) is 5.56 Å². The predicted octanol–water partition coefficient (Wildman–Crippen LogP) is 6.68. The lowest BCUT2D eigenvalue weighted by molar-refractivity contribution is -0.0721. The second kappa shape index (κ2) is 13.7. The Bertz CT molecular complexity index is 1900. The van der Waals surface area contributed by atoms with E-state index in [1.165, 1.54) is 0 Å². The molecule has 6 rings (SSSR count). The molecule has 1 aliphatic heterocycles. The van der Waals surface area contributed by atoms with Gasteiger partial charge in [-0.1, -0.05) is 74.0 Å². The number of nitrogens with zero attached hydrogens (tertiary/aromatic N) is 3. The topological polar surface area (TPSA) is 112 Å². The zero-order valence-corrected chi connectivity index (χ0v) is 26.8. The molecule has 2 aromatic heterocycles. The molecule has 3 atom stereocenters. The Morgan fingerprint density at radius 1 is 0.913 bits per heavy atom. The summed E-state index contributed by atoms with van der Waals surface area (Å²) in [5.74, 6) is 1.31. The van der Waals surface area contributed by atoms with Crippen molar-refractivity contribution >= 4 is 0 Å². The molecule has 46 heavy (non-hydrogen) atoms. The van der Waals surface area contributed by atoms with E-state index in [0.717, 1.165) is 70.9 Å². The third-order valence-corrected chi connectivity index (χ3v) is 8.46. The van der Waals surface area contributed by atoms with Crippen LogP contribution in [-0.4, -0.2) is 38.0 Å². The van der Waals surface area contributed by atoms with Gasteiger partial charge in [-0.3, -0.25) is 18.9 Å². The van der Waals surface area contributed by atoms with Crippen LogP contribution in [0.4, 0.5) is 0 Å². The van der Waals surface area contributed by atoms with Gasteiger partial charge < -0.3 is 9.47 Å². The first kappa shape index (κ1) is 31.2. The number of hydrogen-bond acceptors (Lipinski definition) is 7. The van der Waals surface area contributed by atoms with E-state index in [0.29, 0.717) is 24.2 Å². The summed E-state index contributed by atoms with van der Waals surface area (Å²) in [7, 11) is 0. The number of ether oxygens (including phenoxy) is 2. The van der Waals surface area contributed by atoms with Crippen LogP contribution in [0.15, 0.2) is 86.9 Å². The highest BCUT2D eigenvalue weighted by atomic mass is 16.5. The van der Waals surface area contributed by atoms with Gasteiger partial charge in [-0.15, -0.1) is 0 Å². The van der Waals surface area contributed by atoms with Gasteiger partial charge in [0.2, 0.25) is 0 Å². The molecule has 0 amide bonds. The summed E-state index contributed by atoms with van der Waals surface area (Å²) in [6.07, 6.45) is 4.87. The Hall–Kier alpha value is -4.76. The molecule has 0 spiro atoms. The van der Waals surface area contributed by atoms with E-state index in [4.69, 9.17) is 19.0 Å². The second-order valence-electron chi connectivity index (χ2n) is 12.0. The number of H-pyrrole nitrogens is 1. The lowest BCUT2D eigenvalue weighted by atomic mass is 9.96. The van der Waals surface area contributed by atoms with Crippen molar-refractivity contribution in [1.82, 2.24) is 19.7 Å². The average molecular weight is 621 g/mol. The van der Waals surface area contributed by atoms with Crippen molar-refractivity contribution in [2.45, 2.75) is 84.5 Å². The van der Waals surface area contributed by atoms with Gasteiger partial charge in [-0.25, -0.2) is 9.78 Å². The maximum Gasteiger partial charge on any atom is 0.439 e. The summed E-state index contributed by atoms with van der Waals surface area (Å²) in [6.45, 7) is 8.30. The van der Waals surface area contributed by atoms with Crippen LogP contribution in [0.2, 0.25) is 0 Å². The molecule has 3 aromatic carbocycles. The molecular weight excluding hydrogens is 580 g/mol. The molecule has 0 unspecified atom stereocenters. The molecule has 5 aromatic rings. The Kier molecular flexibility index (Phi) is 9.30. The number of nitrogens with one attached hydrogen (secondary N) is 1. The van der Waals surface area contributed by atoms with Crippen molar-refractivity contribution in [2.75, 3.05) is 0 Å². The van der Waals surface area contributed by atoms with Crippen LogP contribution >= 0.6 is 0 Å². The number of aryl methyl sites for hydroxylation is 2. The van der Waals surface area contributed by atoms with Gasteiger partial charge in [-0.05, 0) is 61.2 Å². The van der Waals surface area contributed by atoms with Gasteiger partial charge >= 0.3 is 5.76 Å². The standard InChI is InChI=1S/C37H40N4O5/c1-5-9-33-32(22-25-12-14-26(15-13-25)30-10-7-8-11-31(30)35-39-37(43)46-40-35)36(42)41(34(6-2)38-33)27-16-18-28(19-17-27)45-29-20-23(3)44-24(4)21-29/h7-8,10-19,23-24,29H,5-6,9,20-22H2,1-4H3,(H,39,40,43)/t23-,24+,29-. The zero-order chi connectivity index (χ0) is 32.2. The molecule has 238 valence electrons. The zero-order valence-electron chi connectivity index (χ0n) is 26.8. The van der Waals surface area contributed by atoms with Gasteiger partial charge in [0.1, 0.15) is 17.7 Å². The molecule has 1 fully saturated rings. The maximum absolute atomic E-state index is 14.2. The van der Waals surface area contributed by atoms with Crippen LogP contribution < -0.4 is 16.1 Å². The van der Waals surface area contributed by atoms with E-state index >= 15 is 0 Å². The fraction of sp³-hybridized carbons (Fsp3) is 0.351. The van der Waals surface area contributed by atoms with Crippen LogP contribution in [-0.2, 0) is 24.0 Å². The second-order valence-corrected chi connectivity index (χ2v) is 12.0. The molecule has 1 aliphatic rings. The van der Waals surface area contributed by atoms with Gasteiger partial charge in [0.05, 0.1) is 23.6 Å². The summed E-state index contributed by atoms with van der Waals surface area (Å²) in [6, 6.07) is 23.6. The number of aromatic amines is 1. The first-order valence-corrected chi connectivity index (χ1v) is 16.1. The number of hydrogen-bond donors (Lipinski definition) is 1. The van der Waals surface area contributed by atoms with Crippen molar-refractivity contribution in [3.8, 4) is 34.0 Å². The molecule has 0 saturated carbocycles. The Balaban J connectivity index is 1.29. The summed E-state index contributed by atoms with van der Waals surface area (Å²) in [5, 5.41) is 3.87. The van der Waals surface area contributed by atoms with Crippen molar-refractivity contribution < 1.29 is 14.0 Å². The highest BCUT2D eigenvalue weighted by Crippen LogP contribution is 2.30. The van der Waals surface area contributed by atoms with Crippen LogP contribution in [0.5, 0.6) is 5.75 Å². The minimum Gasteiger partial charge on any atom is -0.490 e. The fourth-order valence-electron chi connectivity index (χ4n) is 6.37.